The van der Waals surface area contributed by atoms with Gasteiger partial charge in [0.15, 0.2) is 0 Å². The molecule has 0 saturated carbocycles. The summed E-state index contributed by atoms with van der Waals surface area (Å²) in [4.78, 5) is 2.05. The van der Waals surface area contributed by atoms with Crippen molar-refractivity contribution < 1.29 is 8.42 Å². The summed E-state index contributed by atoms with van der Waals surface area (Å²) in [5, 5.41) is 0.396. The van der Waals surface area contributed by atoms with Crippen LogP contribution in [0.2, 0.25) is 5.02 Å². The summed E-state index contributed by atoms with van der Waals surface area (Å²) in [6.45, 7) is 5.58. The largest absolute Gasteiger partial charge is 0.278 e. The van der Waals surface area contributed by atoms with Crippen molar-refractivity contribution >= 4 is 38.6 Å². The lowest BCUT2D eigenvalue weighted by molar-refractivity contribution is 0.601. The standard InChI is InChI=1S/C13H14ClNO2S2/c1-8-4-5-12(11(14)6-8)15-19(16,17)13-7-9(2)18-10(13)3/h4-7,15H,1-3H3. The van der Waals surface area contributed by atoms with Crippen molar-refractivity contribution in [3.05, 3.63) is 44.6 Å². The maximum atomic E-state index is 12.3. The van der Waals surface area contributed by atoms with Crippen LogP contribution in [0.5, 0.6) is 0 Å². The summed E-state index contributed by atoms with van der Waals surface area (Å²) in [5.41, 5.74) is 1.38. The fourth-order valence-electron chi connectivity index (χ4n) is 1.78. The van der Waals surface area contributed by atoms with Gasteiger partial charge >= 0.3 is 0 Å². The highest BCUT2D eigenvalue weighted by molar-refractivity contribution is 7.93. The molecular formula is C13H14ClNO2S2. The first kappa shape index (κ1) is 14.4. The second kappa shape index (κ2) is 5.15. The number of benzene rings is 1. The molecule has 3 nitrogen and oxygen atoms in total. The van der Waals surface area contributed by atoms with Crippen molar-refractivity contribution in [3.63, 3.8) is 0 Å². The highest BCUT2D eigenvalue weighted by atomic mass is 35.5. The third-order valence-electron chi connectivity index (χ3n) is 2.65. The van der Waals surface area contributed by atoms with E-state index in [1.54, 1.807) is 25.1 Å². The second-order valence-electron chi connectivity index (χ2n) is 4.37. The molecular weight excluding hydrogens is 302 g/mol. The summed E-state index contributed by atoms with van der Waals surface area (Å²) >= 11 is 7.50. The highest BCUT2D eigenvalue weighted by Crippen LogP contribution is 2.29. The Morgan fingerprint density at radius 2 is 1.84 bits per heavy atom. The number of halogens is 1. The zero-order chi connectivity index (χ0) is 14.2. The number of thiophene rings is 1. The van der Waals surface area contributed by atoms with Crippen LogP contribution in [-0.2, 0) is 10.0 Å². The van der Waals surface area contributed by atoms with Gasteiger partial charge in [0.1, 0.15) is 4.90 Å². The van der Waals surface area contributed by atoms with Gasteiger partial charge in [-0.15, -0.1) is 11.3 Å². The Kier molecular flexibility index (Phi) is 3.90. The van der Waals surface area contributed by atoms with Gasteiger partial charge in [-0.2, -0.15) is 0 Å². The maximum absolute atomic E-state index is 12.3. The Morgan fingerprint density at radius 1 is 1.16 bits per heavy atom. The molecule has 0 aliphatic carbocycles. The number of rotatable bonds is 3. The smallest absolute Gasteiger partial charge is 0.263 e. The Morgan fingerprint density at radius 3 is 2.37 bits per heavy atom. The summed E-state index contributed by atoms with van der Waals surface area (Å²) in [6.07, 6.45) is 0. The third kappa shape index (κ3) is 3.11. The molecule has 0 bridgehead atoms. The zero-order valence-corrected chi connectivity index (χ0v) is 13.2. The van der Waals surface area contributed by atoms with Crippen LogP contribution in [0.3, 0.4) is 0 Å². The molecule has 0 unspecified atom stereocenters. The predicted octanol–water partition coefficient (Wildman–Crippen LogP) is 4.13. The van der Waals surface area contributed by atoms with Crippen molar-refractivity contribution in [2.45, 2.75) is 25.7 Å². The van der Waals surface area contributed by atoms with Crippen molar-refractivity contribution in [2.24, 2.45) is 0 Å². The Bertz CT molecular complexity index is 720. The van der Waals surface area contributed by atoms with Crippen LogP contribution in [0.1, 0.15) is 15.3 Å². The number of hydrogen-bond acceptors (Lipinski definition) is 3. The van der Waals surface area contributed by atoms with Crippen molar-refractivity contribution in [1.82, 2.24) is 0 Å². The van der Waals surface area contributed by atoms with E-state index in [0.29, 0.717) is 15.6 Å². The molecule has 2 rings (SSSR count). The molecule has 1 heterocycles. The van der Waals surface area contributed by atoms with E-state index in [2.05, 4.69) is 4.72 Å². The van der Waals surface area contributed by atoms with Gasteiger partial charge in [0.2, 0.25) is 0 Å². The summed E-state index contributed by atoms with van der Waals surface area (Å²) < 4.78 is 27.2. The molecule has 6 heteroatoms. The van der Waals surface area contributed by atoms with Gasteiger partial charge in [0.05, 0.1) is 10.7 Å². The van der Waals surface area contributed by atoms with E-state index in [4.69, 9.17) is 11.6 Å². The monoisotopic (exact) mass is 315 g/mol. The Balaban J connectivity index is 2.39. The summed E-state index contributed by atoms with van der Waals surface area (Å²) in [5.74, 6) is 0. The van der Waals surface area contributed by atoms with E-state index in [1.165, 1.54) is 11.3 Å². The number of hydrogen-bond donors (Lipinski definition) is 1. The predicted molar refractivity (Wildman–Crippen MR) is 80.8 cm³/mol. The van der Waals surface area contributed by atoms with Gasteiger partial charge in [-0.25, -0.2) is 8.42 Å². The minimum Gasteiger partial charge on any atom is -0.278 e. The van der Waals surface area contributed by atoms with E-state index in [0.717, 1.165) is 15.3 Å². The quantitative estimate of drug-likeness (QED) is 0.925. The molecule has 0 spiro atoms. The molecule has 0 fully saturated rings. The van der Waals surface area contributed by atoms with E-state index in [9.17, 15) is 8.42 Å². The minimum atomic E-state index is -3.58. The lowest BCUT2D eigenvalue weighted by atomic mass is 10.2. The first-order valence-electron chi connectivity index (χ1n) is 5.65. The van der Waals surface area contributed by atoms with Crippen molar-refractivity contribution in [3.8, 4) is 0 Å². The lowest BCUT2D eigenvalue weighted by Gasteiger charge is -2.09. The van der Waals surface area contributed by atoms with Gasteiger partial charge < -0.3 is 0 Å². The van der Waals surface area contributed by atoms with Crippen LogP contribution < -0.4 is 4.72 Å². The third-order valence-corrected chi connectivity index (χ3v) is 5.55. The molecule has 1 N–H and O–H groups in total. The number of aryl methyl sites for hydroxylation is 3. The maximum Gasteiger partial charge on any atom is 0.263 e. The fourth-order valence-corrected chi connectivity index (χ4v) is 4.75. The fraction of sp³-hybridized carbons (Fsp3) is 0.231. The van der Waals surface area contributed by atoms with Crippen molar-refractivity contribution in [1.29, 1.82) is 0 Å². The van der Waals surface area contributed by atoms with Gasteiger partial charge in [-0.1, -0.05) is 17.7 Å². The second-order valence-corrected chi connectivity index (χ2v) is 7.88. The van der Waals surface area contributed by atoms with E-state index in [1.807, 2.05) is 19.9 Å². The topological polar surface area (TPSA) is 46.2 Å². The first-order valence-corrected chi connectivity index (χ1v) is 8.33. The molecule has 1 aromatic heterocycles. The van der Waals surface area contributed by atoms with E-state index < -0.39 is 10.0 Å². The molecule has 2 aromatic rings. The van der Waals surface area contributed by atoms with Crippen LogP contribution in [-0.4, -0.2) is 8.42 Å². The molecule has 0 aliphatic rings. The van der Waals surface area contributed by atoms with Crippen LogP contribution in [0.4, 0.5) is 5.69 Å². The van der Waals surface area contributed by atoms with Gasteiger partial charge in [0.25, 0.3) is 10.0 Å². The highest BCUT2D eigenvalue weighted by Gasteiger charge is 2.20. The Labute approximate surface area is 122 Å². The average molecular weight is 316 g/mol. The molecule has 0 amide bonds. The normalized spacial score (nSPS) is 11.6. The summed E-state index contributed by atoms with van der Waals surface area (Å²) in [7, 11) is -3.58. The molecule has 102 valence electrons. The minimum absolute atomic E-state index is 0.312. The number of sulfonamides is 1. The molecule has 0 atom stereocenters. The molecule has 19 heavy (non-hydrogen) atoms. The summed E-state index contributed by atoms with van der Waals surface area (Å²) in [6, 6.07) is 6.88. The van der Waals surface area contributed by atoms with E-state index in [-0.39, 0.29) is 0 Å². The van der Waals surface area contributed by atoms with Crippen LogP contribution in [0.25, 0.3) is 0 Å². The number of nitrogens with one attached hydrogen (secondary N) is 1. The van der Waals surface area contributed by atoms with Crippen LogP contribution >= 0.6 is 22.9 Å². The molecule has 1 aromatic carbocycles. The lowest BCUT2D eigenvalue weighted by Crippen LogP contribution is -2.13. The van der Waals surface area contributed by atoms with Gasteiger partial charge in [-0.3, -0.25) is 4.72 Å². The van der Waals surface area contributed by atoms with Gasteiger partial charge in [0, 0.05) is 9.75 Å². The Hall–Kier alpha value is -1.04. The van der Waals surface area contributed by atoms with Gasteiger partial charge in [-0.05, 0) is 44.5 Å². The van der Waals surface area contributed by atoms with Crippen LogP contribution in [0.15, 0.2) is 29.2 Å². The molecule has 0 aliphatic heterocycles. The molecule has 0 saturated heterocycles. The molecule has 0 radical (unpaired) electrons. The number of anilines is 1. The SMILES string of the molecule is Cc1ccc(NS(=O)(=O)c2cc(C)sc2C)c(Cl)c1. The zero-order valence-electron chi connectivity index (χ0n) is 10.8. The van der Waals surface area contributed by atoms with E-state index >= 15 is 0 Å². The van der Waals surface area contributed by atoms with Crippen molar-refractivity contribution in [2.75, 3.05) is 4.72 Å². The van der Waals surface area contributed by atoms with Crippen LogP contribution in [0, 0.1) is 20.8 Å². The average Bonchev–Trinajstić information content (AvgIpc) is 2.63. The first-order chi connectivity index (χ1) is 8.79.